The van der Waals surface area contributed by atoms with Crippen molar-refractivity contribution in [2.75, 3.05) is 26.2 Å². The van der Waals surface area contributed by atoms with Gasteiger partial charge in [0.2, 0.25) is 0 Å². The Balaban J connectivity index is 1.75. The van der Waals surface area contributed by atoms with E-state index >= 15 is 0 Å². The van der Waals surface area contributed by atoms with Crippen molar-refractivity contribution in [3.05, 3.63) is 0 Å². The lowest BCUT2D eigenvalue weighted by Crippen LogP contribution is -2.51. The summed E-state index contributed by atoms with van der Waals surface area (Å²) in [4.78, 5) is 14.2. The van der Waals surface area contributed by atoms with Gasteiger partial charge in [-0.05, 0) is 58.4 Å². The molecule has 0 aromatic carbocycles. The first-order valence-corrected chi connectivity index (χ1v) is 8.49. The summed E-state index contributed by atoms with van der Waals surface area (Å²) in [6.07, 6.45) is 5.39. The fourth-order valence-electron chi connectivity index (χ4n) is 3.33. The van der Waals surface area contributed by atoms with Crippen LogP contribution in [0.3, 0.4) is 0 Å². The van der Waals surface area contributed by atoms with Gasteiger partial charge in [-0.3, -0.25) is 9.69 Å². The molecule has 0 aromatic rings. The number of hydrogen-bond donors (Lipinski definition) is 1. The van der Waals surface area contributed by atoms with Gasteiger partial charge in [-0.2, -0.15) is 0 Å². The molecule has 21 heavy (non-hydrogen) atoms. The first-order chi connectivity index (χ1) is 9.82. The molecule has 4 heteroatoms. The van der Waals surface area contributed by atoms with Gasteiger partial charge in [-0.1, -0.05) is 13.3 Å². The molecule has 1 aliphatic carbocycles. The average molecular weight is 296 g/mol. The van der Waals surface area contributed by atoms with Crippen LogP contribution >= 0.6 is 0 Å². The van der Waals surface area contributed by atoms with Gasteiger partial charge < -0.3 is 10.1 Å². The summed E-state index contributed by atoms with van der Waals surface area (Å²) in [5.74, 6) is 1.43. The standard InChI is InChI=1S/C17H32N2O2/c1-13-8-15(18-9-14-6-5-7-14)11-19(10-13)12-16(20)21-17(2,3)4/h13-15,18H,5-12H2,1-4H3. The molecule has 2 unspecified atom stereocenters. The van der Waals surface area contributed by atoms with E-state index in [2.05, 4.69) is 17.1 Å². The van der Waals surface area contributed by atoms with Crippen molar-refractivity contribution < 1.29 is 9.53 Å². The highest BCUT2D eigenvalue weighted by molar-refractivity contribution is 5.72. The highest BCUT2D eigenvalue weighted by Gasteiger charge is 2.28. The number of carbonyl (C=O) groups excluding carboxylic acids is 1. The number of carbonyl (C=O) groups is 1. The minimum atomic E-state index is -0.389. The van der Waals surface area contributed by atoms with Crippen LogP contribution in [-0.4, -0.2) is 48.7 Å². The van der Waals surface area contributed by atoms with Gasteiger partial charge in [0.15, 0.2) is 0 Å². The Hall–Kier alpha value is -0.610. The van der Waals surface area contributed by atoms with Crippen LogP contribution < -0.4 is 5.32 Å². The van der Waals surface area contributed by atoms with E-state index in [0.717, 1.165) is 25.6 Å². The summed E-state index contributed by atoms with van der Waals surface area (Å²) in [6, 6.07) is 0.525. The van der Waals surface area contributed by atoms with Gasteiger partial charge in [0.05, 0.1) is 6.54 Å². The molecule has 2 rings (SSSR count). The molecule has 4 nitrogen and oxygen atoms in total. The molecule has 0 spiro atoms. The molecule has 2 aliphatic rings. The van der Waals surface area contributed by atoms with Crippen LogP contribution in [0.4, 0.5) is 0 Å². The molecular formula is C17H32N2O2. The van der Waals surface area contributed by atoms with Crippen molar-refractivity contribution in [1.82, 2.24) is 10.2 Å². The van der Waals surface area contributed by atoms with Crippen molar-refractivity contribution >= 4 is 5.97 Å². The van der Waals surface area contributed by atoms with E-state index < -0.39 is 0 Å². The maximum absolute atomic E-state index is 12.0. The van der Waals surface area contributed by atoms with E-state index in [0.29, 0.717) is 18.5 Å². The number of rotatable bonds is 5. The summed E-state index contributed by atoms with van der Waals surface area (Å²) in [6.45, 7) is 11.6. The molecule has 2 fully saturated rings. The van der Waals surface area contributed by atoms with E-state index in [1.165, 1.54) is 25.7 Å². The highest BCUT2D eigenvalue weighted by atomic mass is 16.6. The van der Waals surface area contributed by atoms with Gasteiger partial charge in [0, 0.05) is 19.1 Å². The maximum Gasteiger partial charge on any atom is 0.320 e. The highest BCUT2D eigenvalue weighted by Crippen LogP contribution is 2.26. The molecule has 1 heterocycles. The monoisotopic (exact) mass is 296 g/mol. The Morgan fingerprint density at radius 1 is 1.29 bits per heavy atom. The number of ether oxygens (including phenoxy) is 1. The molecule has 1 saturated heterocycles. The third-order valence-electron chi connectivity index (χ3n) is 4.43. The number of nitrogens with one attached hydrogen (secondary N) is 1. The Morgan fingerprint density at radius 3 is 2.57 bits per heavy atom. The summed E-state index contributed by atoms with van der Waals surface area (Å²) < 4.78 is 5.43. The fraction of sp³-hybridized carbons (Fsp3) is 0.941. The second-order valence-corrected chi connectivity index (χ2v) is 8.02. The molecule has 1 saturated carbocycles. The van der Waals surface area contributed by atoms with Crippen molar-refractivity contribution in [3.63, 3.8) is 0 Å². The third-order valence-corrected chi connectivity index (χ3v) is 4.43. The predicted molar refractivity (Wildman–Crippen MR) is 85.2 cm³/mol. The average Bonchev–Trinajstić information content (AvgIpc) is 2.22. The van der Waals surface area contributed by atoms with Crippen LogP contribution in [0, 0.1) is 11.8 Å². The first kappa shape index (κ1) is 16.8. The fourth-order valence-corrected chi connectivity index (χ4v) is 3.33. The summed E-state index contributed by atoms with van der Waals surface area (Å²) in [5, 5.41) is 3.71. The zero-order valence-electron chi connectivity index (χ0n) is 14.2. The maximum atomic E-state index is 12.0. The Labute approximate surface area is 129 Å². The second-order valence-electron chi connectivity index (χ2n) is 8.02. The van der Waals surface area contributed by atoms with Crippen LogP contribution in [0.2, 0.25) is 0 Å². The molecule has 2 atom stereocenters. The normalized spacial score (nSPS) is 28.2. The molecule has 122 valence electrons. The minimum absolute atomic E-state index is 0.102. The van der Waals surface area contributed by atoms with Crippen molar-refractivity contribution in [2.45, 2.75) is 65.0 Å². The molecule has 0 radical (unpaired) electrons. The summed E-state index contributed by atoms with van der Waals surface area (Å²) in [5.41, 5.74) is -0.389. The van der Waals surface area contributed by atoms with E-state index in [1.54, 1.807) is 0 Å². The van der Waals surface area contributed by atoms with Crippen molar-refractivity contribution in [3.8, 4) is 0 Å². The van der Waals surface area contributed by atoms with Gasteiger partial charge in [-0.25, -0.2) is 0 Å². The number of esters is 1. The Kier molecular flexibility index (Phi) is 5.67. The third kappa shape index (κ3) is 5.95. The van der Waals surface area contributed by atoms with E-state index in [-0.39, 0.29) is 11.6 Å². The minimum Gasteiger partial charge on any atom is -0.459 e. The lowest BCUT2D eigenvalue weighted by Gasteiger charge is -2.38. The predicted octanol–water partition coefficient (Wildman–Crippen LogP) is 2.43. The lowest BCUT2D eigenvalue weighted by atomic mass is 9.85. The van der Waals surface area contributed by atoms with Gasteiger partial charge in [0.1, 0.15) is 5.60 Å². The molecule has 0 aromatic heterocycles. The van der Waals surface area contributed by atoms with Crippen molar-refractivity contribution in [1.29, 1.82) is 0 Å². The van der Waals surface area contributed by atoms with E-state index in [4.69, 9.17) is 4.74 Å². The number of likely N-dealkylation sites (tertiary alicyclic amines) is 1. The van der Waals surface area contributed by atoms with E-state index in [9.17, 15) is 4.79 Å². The van der Waals surface area contributed by atoms with Crippen molar-refractivity contribution in [2.24, 2.45) is 11.8 Å². The van der Waals surface area contributed by atoms with Gasteiger partial charge >= 0.3 is 5.97 Å². The summed E-state index contributed by atoms with van der Waals surface area (Å²) >= 11 is 0. The largest absolute Gasteiger partial charge is 0.459 e. The van der Waals surface area contributed by atoms with Crippen LogP contribution in [0.15, 0.2) is 0 Å². The Morgan fingerprint density at radius 2 is 2.00 bits per heavy atom. The molecule has 1 N–H and O–H groups in total. The topological polar surface area (TPSA) is 41.6 Å². The van der Waals surface area contributed by atoms with Gasteiger partial charge in [0.25, 0.3) is 0 Å². The molecule has 0 bridgehead atoms. The quantitative estimate of drug-likeness (QED) is 0.791. The zero-order chi connectivity index (χ0) is 15.5. The molecular weight excluding hydrogens is 264 g/mol. The van der Waals surface area contributed by atoms with Crippen LogP contribution in [0.5, 0.6) is 0 Å². The number of hydrogen-bond acceptors (Lipinski definition) is 4. The van der Waals surface area contributed by atoms with E-state index in [1.807, 2.05) is 20.8 Å². The van der Waals surface area contributed by atoms with Crippen LogP contribution in [-0.2, 0) is 9.53 Å². The number of nitrogens with zero attached hydrogens (tertiary/aromatic N) is 1. The Bertz CT molecular complexity index is 347. The zero-order valence-corrected chi connectivity index (χ0v) is 14.2. The second kappa shape index (κ2) is 7.10. The van der Waals surface area contributed by atoms with Crippen LogP contribution in [0.1, 0.15) is 53.4 Å². The SMILES string of the molecule is CC1CC(NCC2CCC2)CN(CC(=O)OC(C)(C)C)C1. The number of piperidine rings is 1. The van der Waals surface area contributed by atoms with Gasteiger partial charge in [-0.15, -0.1) is 0 Å². The van der Waals surface area contributed by atoms with Crippen LogP contribution in [0.25, 0.3) is 0 Å². The summed E-state index contributed by atoms with van der Waals surface area (Å²) in [7, 11) is 0. The smallest absolute Gasteiger partial charge is 0.320 e. The molecule has 0 amide bonds. The first-order valence-electron chi connectivity index (χ1n) is 8.49. The lowest BCUT2D eigenvalue weighted by molar-refractivity contribution is -0.156. The molecule has 1 aliphatic heterocycles.